The average molecular weight is 233 g/mol. The standard InChI is InChI=1S/C14H19NO2/c1-2-3-8-15-11-12-6-4-7-13-14(12)17-10-5-9-16-13/h2,4,6-7,15H,1,3,5,8-11H2. The molecule has 0 unspecified atom stereocenters. The van der Waals surface area contributed by atoms with Crippen molar-refractivity contribution in [3.05, 3.63) is 36.4 Å². The number of nitrogens with one attached hydrogen (secondary N) is 1. The van der Waals surface area contributed by atoms with E-state index in [0.29, 0.717) is 0 Å². The Balaban J connectivity index is 2.03. The van der Waals surface area contributed by atoms with Gasteiger partial charge in [-0.15, -0.1) is 6.58 Å². The van der Waals surface area contributed by atoms with E-state index in [-0.39, 0.29) is 0 Å². The fraction of sp³-hybridized carbons (Fsp3) is 0.429. The van der Waals surface area contributed by atoms with Crippen molar-refractivity contribution in [3.63, 3.8) is 0 Å². The number of para-hydroxylation sites is 1. The molecular weight excluding hydrogens is 214 g/mol. The van der Waals surface area contributed by atoms with E-state index in [2.05, 4.69) is 18.0 Å². The van der Waals surface area contributed by atoms with Crippen LogP contribution in [0.2, 0.25) is 0 Å². The third-order valence-electron chi connectivity index (χ3n) is 2.69. The summed E-state index contributed by atoms with van der Waals surface area (Å²) in [6, 6.07) is 6.06. The molecule has 1 aliphatic heterocycles. The molecule has 3 nitrogen and oxygen atoms in total. The first-order chi connectivity index (χ1) is 8.42. The predicted octanol–water partition coefficient (Wildman–Crippen LogP) is 2.51. The lowest BCUT2D eigenvalue weighted by Gasteiger charge is -2.12. The maximum absolute atomic E-state index is 5.75. The van der Waals surface area contributed by atoms with Gasteiger partial charge in [-0.2, -0.15) is 0 Å². The molecule has 0 bridgehead atoms. The summed E-state index contributed by atoms with van der Waals surface area (Å²) in [5, 5.41) is 3.37. The molecule has 0 spiro atoms. The smallest absolute Gasteiger partial charge is 0.165 e. The molecule has 0 saturated heterocycles. The summed E-state index contributed by atoms with van der Waals surface area (Å²) in [6.45, 7) is 6.92. The van der Waals surface area contributed by atoms with E-state index < -0.39 is 0 Å². The summed E-state index contributed by atoms with van der Waals surface area (Å²) >= 11 is 0. The van der Waals surface area contributed by atoms with E-state index in [1.54, 1.807) is 0 Å². The SMILES string of the molecule is C=CCCNCc1cccc2c1OCCCO2. The molecule has 0 amide bonds. The molecule has 0 aromatic heterocycles. The van der Waals surface area contributed by atoms with Gasteiger partial charge < -0.3 is 14.8 Å². The molecule has 0 aliphatic carbocycles. The number of hydrogen-bond acceptors (Lipinski definition) is 3. The second kappa shape index (κ2) is 6.30. The molecule has 1 heterocycles. The highest BCUT2D eigenvalue weighted by Crippen LogP contribution is 2.32. The highest BCUT2D eigenvalue weighted by atomic mass is 16.5. The summed E-state index contributed by atoms with van der Waals surface area (Å²) in [4.78, 5) is 0. The Morgan fingerprint density at radius 1 is 1.29 bits per heavy atom. The Morgan fingerprint density at radius 3 is 3.06 bits per heavy atom. The van der Waals surface area contributed by atoms with Crippen LogP contribution in [0.1, 0.15) is 18.4 Å². The molecule has 2 rings (SSSR count). The molecule has 1 aromatic rings. The van der Waals surface area contributed by atoms with E-state index in [4.69, 9.17) is 9.47 Å². The molecule has 3 heteroatoms. The highest BCUT2D eigenvalue weighted by Gasteiger charge is 2.13. The zero-order chi connectivity index (χ0) is 11.9. The molecule has 1 aliphatic rings. The summed E-state index contributed by atoms with van der Waals surface area (Å²) in [5.41, 5.74) is 1.16. The average Bonchev–Trinajstić information content (AvgIpc) is 2.60. The van der Waals surface area contributed by atoms with Gasteiger partial charge in [0.05, 0.1) is 13.2 Å². The Bertz CT molecular complexity index is 376. The van der Waals surface area contributed by atoms with Gasteiger partial charge in [0.1, 0.15) is 0 Å². The largest absolute Gasteiger partial charge is 0.490 e. The van der Waals surface area contributed by atoms with Gasteiger partial charge in [0.15, 0.2) is 11.5 Å². The minimum Gasteiger partial charge on any atom is -0.490 e. The van der Waals surface area contributed by atoms with Crippen molar-refractivity contribution >= 4 is 0 Å². The van der Waals surface area contributed by atoms with Crippen LogP contribution >= 0.6 is 0 Å². The third-order valence-corrected chi connectivity index (χ3v) is 2.69. The maximum atomic E-state index is 5.75. The zero-order valence-corrected chi connectivity index (χ0v) is 10.1. The van der Waals surface area contributed by atoms with Gasteiger partial charge in [0.2, 0.25) is 0 Å². The van der Waals surface area contributed by atoms with E-state index in [1.807, 2.05) is 18.2 Å². The summed E-state index contributed by atoms with van der Waals surface area (Å²) in [7, 11) is 0. The molecule has 0 fully saturated rings. The van der Waals surface area contributed by atoms with Gasteiger partial charge in [-0.1, -0.05) is 18.2 Å². The van der Waals surface area contributed by atoms with Gasteiger partial charge in [-0.25, -0.2) is 0 Å². The maximum Gasteiger partial charge on any atom is 0.165 e. The van der Waals surface area contributed by atoms with Crippen LogP contribution in [0.3, 0.4) is 0 Å². The van der Waals surface area contributed by atoms with E-state index in [1.165, 1.54) is 0 Å². The van der Waals surface area contributed by atoms with Gasteiger partial charge in [-0.05, 0) is 19.0 Å². The van der Waals surface area contributed by atoms with Crippen molar-refractivity contribution in [1.29, 1.82) is 0 Å². The lowest BCUT2D eigenvalue weighted by molar-refractivity contribution is 0.296. The van der Waals surface area contributed by atoms with Crippen LogP contribution in [0, 0.1) is 0 Å². The normalized spacial score (nSPS) is 14.1. The first kappa shape index (κ1) is 12.0. The van der Waals surface area contributed by atoms with Crippen molar-refractivity contribution in [3.8, 4) is 11.5 Å². The van der Waals surface area contributed by atoms with E-state index >= 15 is 0 Å². The predicted molar refractivity (Wildman–Crippen MR) is 68.6 cm³/mol. The molecule has 0 radical (unpaired) electrons. The second-order valence-electron chi connectivity index (χ2n) is 4.05. The topological polar surface area (TPSA) is 30.5 Å². The first-order valence-corrected chi connectivity index (χ1v) is 6.11. The van der Waals surface area contributed by atoms with E-state index in [9.17, 15) is 0 Å². The lowest BCUT2D eigenvalue weighted by atomic mass is 10.2. The van der Waals surface area contributed by atoms with Crippen LogP contribution in [0.5, 0.6) is 11.5 Å². The quantitative estimate of drug-likeness (QED) is 0.626. The van der Waals surface area contributed by atoms with Crippen LogP contribution in [-0.2, 0) is 6.54 Å². The zero-order valence-electron chi connectivity index (χ0n) is 10.1. The minimum atomic E-state index is 0.733. The molecular formula is C14H19NO2. The van der Waals surface area contributed by atoms with Crippen LogP contribution in [-0.4, -0.2) is 19.8 Å². The summed E-state index contributed by atoms with van der Waals surface area (Å²) < 4.78 is 11.4. The van der Waals surface area contributed by atoms with Crippen LogP contribution in [0.4, 0.5) is 0 Å². The molecule has 1 aromatic carbocycles. The Hall–Kier alpha value is -1.48. The van der Waals surface area contributed by atoms with Gasteiger partial charge in [0.25, 0.3) is 0 Å². The van der Waals surface area contributed by atoms with Crippen LogP contribution in [0.15, 0.2) is 30.9 Å². The summed E-state index contributed by atoms with van der Waals surface area (Å²) in [6.07, 6.45) is 3.84. The molecule has 0 saturated carbocycles. The van der Waals surface area contributed by atoms with Crippen molar-refractivity contribution in [1.82, 2.24) is 5.32 Å². The molecule has 1 N–H and O–H groups in total. The highest BCUT2D eigenvalue weighted by molar-refractivity contribution is 5.46. The molecule has 17 heavy (non-hydrogen) atoms. The van der Waals surface area contributed by atoms with Crippen LogP contribution < -0.4 is 14.8 Å². The number of hydrogen-bond donors (Lipinski definition) is 1. The van der Waals surface area contributed by atoms with Crippen molar-refractivity contribution in [2.24, 2.45) is 0 Å². The molecule has 92 valence electrons. The Labute approximate surface area is 102 Å². The lowest BCUT2D eigenvalue weighted by Crippen LogP contribution is -2.15. The van der Waals surface area contributed by atoms with Crippen LogP contribution in [0.25, 0.3) is 0 Å². The first-order valence-electron chi connectivity index (χ1n) is 6.11. The number of benzene rings is 1. The van der Waals surface area contributed by atoms with Gasteiger partial charge in [-0.3, -0.25) is 0 Å². The van der Waals surface area contributed by atoms with Crippen molar-refractivity contribution in [2.45, 2.75) is 19.4 Å². The fourth-order valence-corrected chi connectivity index (χ4v) is 1.82. The number of rotatable bonds is 5. The monoisotopic (exact) mass is 233 g/mol. The van der Waals surface area contributed by atoms with Gasteiger partial charge in [0, 0.05) is 18.5 Å². The van der Waals surface area contributed by atoms with Crippen molar-refractivity contribution < 1.29 is 9.47 Å². The summed E-state index contributed by atoms with van der Waals surface area (Å²) in [5.74, 6) is 1.77. The Morgan fingerprint density at radius 2 is 2.18 bits per heavy atom. The number of fused-ring (bicyclic) bond motifs is 1. The second-order valence-corrected chi connectivity index (χ2v) is 4.05. The Kier molecular flexibility index (Phi) is 4.45. The fourth-order valence-electron chi connectivity index (χ4n) is 1.82. The van der Waals surface area contributed by atoms with Crippen molar-refractivity contribution in [2.75, 3.05) is 19.8 Å². The molecule has 0 atom stereocenters. The van der Waals surface area contributed by atoms with Gasteiger partial charge >= 0.3 is 0 Å². The minimum absolute atomic E-state index is 0.733. The van der Waals surface area contributed by atoms with E-state index in [0.717, 1.165) is 56.2 Å². The number of ether oxygens (including phenoxy) is 2. The third kappa shape index (κ3) is 3.24.